The Morgan fingerprint density at radius 1 is 1.21 bits per heavy atom. The summed E-state index contributed by atoms with van der Waals surface area (Å²) in [4.78, 5) is 4.46. The Bertz CT molecular complexity index is 934. The van der Waals surface area contributed by atoms with Crippen molar-refractivity contribution in [1.29, 1.82) is 0 Å². The molecular weight excluding hydrogens is 432 g/mol. The summed E-state index contributed by atoms with van der Waals surface area (Å²) in [6, 6.07) is 8.10. The summed E-state index contributed by atoms with van der Waals surface area (Å²) in [7, 11) is -0.284. The lowest BCUT2D eigenvalue weighted by molar-refractivity contribution is -0.133. The maximum absolute atomic E-state index is 6.68. The average Bonchev–Trinajstić information content (AvgIpc) is 2.61. The van der Waals surface area contributed by atoms with Gasteiger partial charge < -0.3 is 14.5 Å². The molecule has 1 aromatic heterocycles. The van der Waals surface area contributed by atoms with Crippen LogP contribution in [-0.4, -0.2) is 26.2 Å². The van der Waals surface area contributed by atoms with E-state index in [1.807, 2.05) is 36.5 Å². The smallest absolute Gasteiger partial charge is 0.196 e. The van der Waals surface area contributed by atoms with Crippen LogP contribution in [0.4, 0.5) is 5.69 Å². The number of ether oxygens (including phenoxy) is 1. The van der Waals surface area contributed by atoms with Gasteiger partial charge in [-0.2, -0.15) is 0 Å². The topological polar surface area (TPSA) is 43.4 Å². The number of fused-ring (bicyclic) bond motifs is 1. The van der Waals surface area contributed by atoms with Crippen LogP contribution in [-0.2, 0) is 9.16 Å². The van der Waals surface area contributed by atoms with Gasteiger partial charge in [0.15, 0.2) is 14.1 Å². The summed E-state index contributed by atoms with van der Waals surface area (Å²) in [5.41, 5.74) is 3.02. The number of nitrogens with zero attached hydrogens (tertiary/aromatic N) is 1. The first-order chi connectivity index (χ1) is 13.1. The van der Waals surface area contributed by atoms with Crippen molar-refractivity contribution in [3.63, 3.8) is 0 Å². The molecule has 1 aliphatic carbocycles. The molecule has 0 saturated carbocycles. The van der Waals surface area contributed by atoms with Crippen LogP contribution >= 0.6 is 15.9 Å². The van der Waals surface area contributed by atoms with Gasteiger partial charge in [0, 0.05) is 41.0 Å². The van der Waals surface area contributed by atoms with Gasteiger partial charge in [-0.1, -0.05) is 42.8 Å². The van der Waals surface area contributed by atoms with E-state index < -0.39 is 14.1 Å². The summed E-state index contributed by atoms with van der Waals surface area (Å²) in [5.74, 6) is -0.747. The Balaban J connectivity index is 1.87. The fourth-order valence-electron chi connectivity index (χ4n) is 3.02. The predicted octanol–water partition coefficient (Wildman–Crippen LogP) is 6.62. The van der Waals surface area contributed by atoms with Crippen molar-refractivity contribution in [2.45, 2.75) is 51.1 Å². The van der Waals surface area contributed by atoms with E-state index in [1.165, 1.54) is 0 Å². The molecule has 150 valence electrons. The van der Waals surface area contributed by atoms with Crippen LogP contribution in [0.2, 0.25) is 18.1 Å². The molecule has 0 spiro atoms. The summed E-state index contributed by atoms with van der Waals surface area (Å²) < 4.78 is 13.6. The van der Waals surface area contributed by atoms with E-state index in [0.717, 1.165) is 26.8 Å². The Kier molecular flexibility index (Phi) is 5.88. The molecule has 0 radical (unpaired) electrons. The number of hydrogen-bond acceptors (Lipinski definition) is 4. The third-order valence-electron chi connectivity index (χ3n) is 5.66. The summed E-state index contributed by atoms with van der Waals surface area (Å²) in [6.45, 7) is 11.2. The van der Waals surface area contributed by atoms with E-state index in [9.17, 15) is 0 Å². The molecule has 28 heavy (non-hydrogen) atoms. The van der Waals surface area contributed by atoms with Gasteiger partial charge in [-0.05, 0) is 54.5 Å². The quantitative estimate of drug-likeness (QED) is 0.402. The molecule has 6 heteroatoms. The van der Waals surface area contributed by atoms with E-state index in [2.05, 4.69) is 72.2 Å². The van der Waals surface area contributed by atoms with Crippen molar-refractivity contribution in [1.82, 2.24) is 4.98 Å². The monoisotopic (exact) mass is 460 g/mol. The molecule has 2 aromatic rings. The zero-order chi connectivity index (χ0) is 20.6. The number of hydrogen-bond donors (Lipinski definition) is 1. The van der Waals surface area contributed by atoms with Crippen molar-refractivity contribution >= 4 is 40.8 Å². The van der Waals surface area contributed by atoms with Gasteiger partial charge in [0.05, 0.1) is 5.52 Å². The highest BCUT2D eigenvalue weighted by Crippen LogP contribution is 2.42. The molecule has 0 fully saturated rings. The molecule has 0 amide bonds. The van der Waals surface area contributed by atoms with E-state index in [1.54, 1.807) is 7.11 Å². The fourth-order valence-corrected chi connectivity index (χ4v) is 4.77. The Morgan fingerprint density at radius 2 is 1.96 bits per heavy atom. The van der Waals surface area contributed by atoms with Crippen LogP contribution in [0.15, 0.2) is 58.9 Å². The number of halogens is 1. The van der Waals surface area contributed by atoms with Crippen molar-refractivity contribution in [2.24, 2.45) is 0 Å². The summed E-state index contributed by atoms with van der Waals surface area (Å²) >= 11 is 3.56. The molecule has 0 saturated heterocycles. The normalized spacial score (nSPS) is 20.3. The van der Waals surface area contributed by atoms with E-state index in [-0.39, 0.29) is 5.04 Å². The second-order valence-electron chi connectivity index (χ2n) is 8.75. The molecule has 1 aromatic carbocycles. The van der Waals surface area contributed by atoms with Gasteiger partial charge in [-0.15, -0.1) is 0 Å². The molecule has 1 atom stereocenters. The Labute approximate surface area is 177 Å². The zero-order valence-corrected chi connectivity index (χ0v) is 20.1. The fraction of sp³-hybridized carbons (Fsp3) is 0.409. The molecule has 4 nitrogen and oxygen atoms in total. The minimum absolute atomic E-state index is 0.106. The van der Waals surface area contributed by atoms with Crippen LogP contribution in [0, 0.1) is 0 Å². The second kappa shape index (κ2) is 7.75. The summed E-state index contributed by atoms with van der Waals surface area (Å²) in [6.07, 6.45) is 8.58. The number of benzene rings is 1. The van der Waals surface area contributed by atoms with Crippen molar-refractivity contribution in [3.8, 4) is 0 Å². The van der Waals surface area contributed by atoms with Gasteiger partial charge in [0.2, 0.25) is 0 Å². The SMILES string of the molecule is COC1(O[Si](C)(C)C(C)(C)C)C=CC=C(Nc2ccnc3ccc(Br)cc23)C1. The standard InChI is InChI=1S/C22H29BrN2O2Si/c1-21(2,3)28(5,6)27-22(26-4)12-7-8-17(15-22)25-20-11-13-24-19-10-9-16(23)14-18(19)20/h7-14H,15H2,1-6H3,(H,24,25). The Hall–Kier alpha value is -1.47. The number of nitrogens with one attached hydrogen (secondary N) is 1. The van der Waals surface area contributed by atoms with Crippen LogP contribution in [0.1, 0.15) is 27.2 Å². The van der Waals surface area contributed by atoms with Gasteiger partial charge in [0.1, 0.15) is 0 Å². The number of pyridine rings is 1. The van der Waals surface area contributed by atoms with Gasteiger partial charge in [-0.25, -0.2) is 0 Å². The van der Waals surface area contributed by atoms with E-state index in [4.69, 9.17) is 9.16 Å². The maximum Gasteiger partial charge on any atom is 0.196 e. The van der Waals surface area contributed by atoms with Crippen molar-refractivity contribution in [2.75, 3.05) is 12.4 Å². The lowest BCUT2D eigenvalue weighted by Crippen LogP contribution is -2.50. The minimum Gasteiger partial charge on any atom is -0.387 e. The lowest BCUT2D eigenvalue weighted by atomic mass is 10.0. The van der Waals surface area contributed by atoms with Crippen LogP contribution in [0.5, 0.6) is 0 Å². The largest absolute Gasteiger partial charge is 0.387 e. The molecule has 1 N–H and O–H groups in total. The highest BCUT2D eigenvalue weighted by atomic mass is 79.9. The molecule has 1 heterocycles. The van der Waals surface area contributed by atoms with Crippen LogP contribution < -0.4 is 5.32 Å². The van der Waals surface area contributed by atoms with Gasteiger partial charge >= 0.3 is 0 Å². The molecule has 0 aliphatic heterocycles. The average molecular weight is 461 g/mol. The predicted molar refractivity (Wildman–Crippen MR) is 123 cm³/mol. The minimum atomic E-state index is -2.01. The highest BCUT2D eigenvalue weighted by molar-refractivity contribution is 9.10. The third kappa shape index (κ3) is 4.40. The van der Waals surface area contributed by atoms with Crippen LogP contribution in [0.25, 0.3) is 10.9 Å². The zero-order valence-electron chi connectivity index (χ0n) is 17.5. The third-order valence-corrected chi connectivity index (χ3v) is 10.6. The first-order valence-corrected chi connectivity index (χ1v) is 13.2. The van der Waals surface area contributed by atoms with Crippen LogP contribution in [0.3, 0.4) is 0 Å². The molecule has 0 bridgehead atoms. The number of aromatic nitrogens is 1. The first-order valence-electron chi connectivity index (χ1n) is 9.50. The Morgan fingerprint density at radius 3 is 2.64 bits per heavy atom. The highest BCUT2D eigenvalue weighted by Gasteiger charge is 2.45. The van der Waals surface area contributed by atoms with Gasteiger partial charge in [0.25, 0.3) is 0 Å². The second-order valence-corrected chi connectivity index (χ2v) is 14.4. The molecule has 1 unspecified atom stereocenters. The number of anilines is 1. The summed E-state index contributed by atoms with van der Waals surface area (Å²) in [5, 5.41) is 4.75. The first kappa shape index (κ1) is 21.2. The van der Waals surface area contributed by atoms with E-state index in [0.29, 0.717) is 6.42 Å². The van der Waals surface area contributed by atoms with Gasteiger partial charge in [-0.3, -0.25) is 4.98 Å². The molecular formula is C22H29BrN2O2Si. The molecule has 1 aliphatic rings. The number of methoxy groups -OCH3 is 1. The number of allylic oxidation sites excluding steroid dienone is 2. The molecule has 3 rings (SSSR count). The van der Waals surface area contributed by atoms with Crippen molar-refractivity contribution in [3.05, 3.63) is 58.9 Å². The lowest BCUT2D eigenvalue weighted by Gasteiger charge is -2.44. The maximum atomic E-state index is 6.68. The van der Waals surface area contributed by atoms with Crippen molar-refractivity contribution < 1.29 is 9.16 Å². The van der Waals surface area contributed by atoms with E-state index >= 15 is 0 Å². The number of rotatable bonds is 5.